The van der Waals surface area contributed by atoms with Gasteiger partial charge in [0.1, 0.15) is 0 Å². The zero-order chi connectivity index (χ0) is 17.8. The van der Waals surface area contributed by atoms with E-state index in [4.69, 9.17) is 0 Å². The average Bonchev–Trinajstić information content (AvgIpc) is 2.63. The Hall–Kier alpha value is -2.31. The quantitative estimate of drug-likeness (QED) is 0.651. The van der Waals surface area contributed by atoms with Gasteiger partial charge in [0.25, 0.3) is 0 Å². The standard InChI is InChI=1S/C22H25N2P/c1-23(2)20-16-11-17-21(22(20)24(3)4)25(18-12-7-5-8-13-18)19-14-9-6-10-15-19/h5-17H,1-4H3. The minimum absolute atomic E-state index is 0.609. The number of anilines is 2. The fraction of sp³-hybridized carbons (Fsp3) is 0.182. The van der Waals surface area contributed by atoms with Crippen LogP contribution in [-0.2, 0) is 0 Å². The molecule has 3 heteroatoms. The van der Waals surface area contributed by atoms with Crippen LogP contribution in [0.15, 0.2) is 78.9 Å². The largest absolute Gasteiger partial charge is 0.376 e. The highest BCUT2D eigenvalue weighted by Crippen LogP contribution is 2.39. The second kappa shape index (κ2) is 7.72. The number of hydrogen-bond donors (Lipinski definition) is 0. The first-order valence-corrected chi connectivity index (χ1v) is 9.81. The van der Waals surface area contributed by atoms with Crippen molar-refractivity contribution in [2.45, 2.75) is 0 Å². The zero-order valence-electron chi connectivity index (χ0n) is 15.3. The predicted octanol–water partition coefficient (Wildman–Crippen LogP) is 3.58. The van der Waals surface area contributed by atoms with Crippen LogP contribution in [0.5, 0.6) is 0 Å². The van der Waals surface area contributed by atoms with E-state index >= 15 is 0 Å². The smallest absolute Gasteiger partial charge is 0.0683 e. The van der Waals surface area contributed by atoms with Gasteiger partial charge in [-0.25, -0.2) is 0 Å². The molecule has 0 heterocycles. The summed E-state index contributed by atoms with van der Waals surface area (Å²) in [6.07, 6.45) is 0. The van der Waals surface area contributed by atoms with Crippen molar-refractivity contribution in [3.63, 3.8) is 0 Å². The van der Waals surface area contributed by atoms with Crippen molar-refractivity contribution in [3.05, 3.63) is 78.9 Å². The van der Waals surface area contributed by atoms with E-state index in [1.165, 1.54) is 27.3 Å². The van der Waals surface area contributed by atoms with Crippen molar-refractivity contribution in [2.75, 3.05) is 38.0 Å². The lowest BCUT2D eigenvalue weighted by molar-refractivity contribution is 1.08. The SMILES string of the molecule is CN(C)c1cccc(P(c2ccccc2)c2ccccc2)c1N(C)C. The van der Waals surface area contributed by atoms with Gasteiger partial charge in [0.15, 0.2) is 0 Å². The first-order valence-electron chi connectivity index (χ1n) is 8.47. The maximum Gasteiger partial charge on any atom is 0.0683 e. The lowest BCUT2D eigenvalue weighted by Crippen LogP contribution is -2.28. The van der Waals surface area contributed by atoms with E-state index in [-0.39, 0.29) is 0 Å². The molecule has 0 N–H and O–H groups in total. The molecule has 0 spiro atoms. The van der Waals surface area contributed by atoms with Crippen LogP contribution in [0.1, 0.15) is 0 Å². The van der Waals surface area contributed by atoms with Gasteiger partial charge in [0, 0.05) is 33.5 Å². The van der Waals surface area contributed by atoms with Gasteiger partial charge < -0.3 is 9.80 Å². The van der Waals surface area contributed by atoms with E-state index in [2.05, 4.69) is 117 Å². The van der Waals surface area contributed by atoms with Gasteiger partial charge in [0.2, 0.25) is 0 Å². The van der Waals surface area contributed by atoms with Crippen LogP contribution in [0.2, 0.25) is 0 Å². The summed E-state index contributed by atoms with van der Waals surface area (Å²) in [4.78, 5) is 4.44. The zero-order valence-corrected chi connectivity index (χ0v) is 16.2. The van der Waals surface area contributed by atoms with Gasteiger partial charge in [-0.15, -0.1) is 0 Å². The molecule has 3 aromatic rings. The van der Waals surface area contributed by atoms with Crippen molar-refractivity contribution in [3.8, 4) is 0 Å². The highest BCUT2D eigenvalue weighted by atomic mass is 31.1. The van der Waals surface area contributed by atoms with Gasteiger partial charge in [-0.2, -0.15) is 0 Å². The van der Waals surface area contributed by atoms with Crippen LogP contribution in [0, 0.1) is 0 Å². The minimum Gasteiger partial charge on any atom is -0.376 e. The summed E-state index contributed by atoms with van der Waals surface area (Å²) in [6, 6.07) is 28.4. The average molecular weight is 348 g/mol. The van der Waals surface area contributed by atoms with E-state index in [0.717, 1.165) is 0 Å². The van der Waals surface area contributed by atoms with Crippen molar-refractivity contribution in [1.29, 1.82) is 0 Å². The molecule has 0 saturated carbocycles. The Morgan fingerprint density at radius 3 is 1.52 bits per heavy atom. The minimum atomic E-state index is -0.609. The third-order valence-electron chi connectivity index (χ3n) is 4.19. The molecule has 0 unspecified atom stereocenters. The van der Waals surface area contributed by atoms with Gasteiger partial charge >= 0.3 is 0 Å². The molecule has 0 bridgehead atoms. The van der Waals surface area contributed by atoms with Crippen LogP contribution in [0.3, 0.4) is 0 Å². The van der Waals surface area contributed by atoms with Crippen molar-refractivity contribution in [2.24, 2.45) is 0 Å². The topological polar surface area (TPSA) is 6.48 Å². The number of benzene rings is 3. The van der Waals surface area contributed by atoms with Gasteiger partial charge in [-0.3, -0.25) is 0 Å². The summed E-state index contributed by atoms with van der Waals surface area (Å²) >= 11 is 0. The van der Waals surface area contributed by atoms with Crippen molar-refractivity contribution in [1.82, 2.24) is 0 Å². The monoisotopic (exact) mass is 348 g/mol. The molecular weight excluding hydrogens is 323 g/mol. The van der Waals surface area contributed by atoms with E-state index < -0.39 is 7.92 Å². The Morgan fingerprint density at radius 1 is 0.560 bits per heavy atom. The molecule has 0 aromatic heterocycles. The predicted molar refractivity (Wildman–Crippen MR) is 114 cm³/mol. The molecule has 0 fully saturated rings. The molecule has 3 rings (SSSR count). The number of nitrogens with zero attached hydrogens (tertiary/aromatic N) is 2. The summed E-state index contributed by atoms with van der Waals surface area (Å²) in [7, 11) is 7.88. The Bertz CT molecular complexity index is 774. The molecule has 0 radical (unpaired) electrons. The lowest BCUT2D eigenvalue weighted by Gasteiger charge is -2.29. The highest BCUT2D eigenvalue weighted by Gasteiger charge is 2.22. The molecule has 25 heavy (non-hydrogen) atoms. The third kappa shape index (κ3) is 3.70. The van der Waals surface area contributed by atoms with Gasteiger partial charge in [-0.1, -0.05) is 72.8 Å². The van der Waals surface area contributed by atoms with Crippen LogP contribution >= 0.6 is 7.92 Å². The Labute approximate surface area is 152 Å². The molecule has 0 amide bonds. The Morgan fingerprint density at radius 2 is 1.08 bits per heavy atom. The second-order valence-corrected chi connectivity index (χ2v) is 8.63. The Kier molecular flexibility index (Phi) is 5.40. The number of para-hydroxylation sites is 1. The van der Waals surface area contributed by atoms with Crippen molar-refractivity contribution < 1.29 is 0 Å². The molecular formula is C22H25N2P. The first-order chi connectivity index (χ1) is 12.1. The number of rotatable bonds is 5. The maximum atomic E-state index is 2.29. The molecule has 0 saturated heterocycles. The third-order valence-corrected chi connectivity index (χ3v) is 6.66. The van der Waals surface area contributed by atoms with E-state index in [1.807, 2.05) is 0 Å². The lowest BCUT2D eigenvalue weighted by atomic mass is 10.2. The summed E-state index contributed by atoms with van der Waals surface area (Å²) in [5, 5.41) is 4.15. The van der Waals surface area contributed by atoms with Gasteiger partial charge in [-0.05, 0) is 24.6 Å². The van der Waals surface area contributed by atoms with Crippen molar-refractivity contribution >= 4 is 35.2 Å². The maximum absolute atomic E-state index is 2.29. The molecule has 2 nitrogen and oxygen atoms in total. The van der Waals surface area contributed by atoms with Gasteiger partial charge in [0.05, 0.1) is 11.4 Å². The second-order valence-electron chi connectivity index (χ2n) is 6.44. The highest BCUT2D eigenvalue weighted by molar-refractivity contribution is 7.80. The summed E-state index contributed by atoms with van der Waals surface area (Å²) < 4.78 is 0. The summed E-state index contributed by atoms with van der Waals surface area (Å²) in [5.74, 6) is 0. The first kappa shape index (κ1) is 17.5. The van der Waals surface area contributed by atoms with Crippen LogP contribution in [-0.4, -0.2) is 28.2 Å². The molecule has 0 atom stereocenters. The molecule has 0 aliphatic rings. The Balaban J connectivity index is 2.26. The fourth-order valence-corrected chi connectivity index (χ4v) is 5.66. The molecule has 128 valence electrons. The number of hydrogen-bond acceptors (Lipinski definition) is 2. The van der Waals surface area contributed by atoms with E-state index in [1.54, 1.807) is 0 Å². The fourth-order valence-electron chi connectivity index (χ4n) is 3.10. The summed E-state index contributed by atoms with van der Waals surface area (Å²) in [5.41, 5.74) is 2.55. The normalized spacial score (nSPS) is 10.8. The summed E-state index contributed by atoms with van der Waals surface area (Å²) in [6.45, 7) is 0. The van der Waals surface area contributed by atoms with Crippen LogP contribution in [0.4, 0.5) is 11.4 Å². The van der Waals surface area contributed by atoms with Crippen LogP contribution in [0.25, 0.3) is 0 Å². The molecule has 3 aromatic carbocycles. The molecule has 0 aliphatic heterocycles. The molecule has 0 aliphatic carbocycles. The van der Waals surface area contributed by atoms with E-state index in [9.17, 15) is 0 Å². The van der Waals surface area contributed by atoms with Crippen LogP contribution < -0.4 is 25.7 Å². The van der Waals surface area contributed by atoms with E-state index in [0.29, 0.717) is 0 Å².